The van der Waals surface area contributed by atoms with Gasteiger partial charge in [0.05, 0.1) is 4.60 Å². The summed E-state index contributed by atoms with van der Waals surface area (Å²) in [6.07, 6.45) is 2.07. The Hall–Kier alpha value is -0.760. The van der Waals surface area contributed by atoms with Crippen LogP contribution in [-0.4, -0.2) is 4.40 Å². The minimum Gasteiger partial charge on any atom is -0.311 e. The average Bonchev–Trinajstić information content (AvgIpc) is 2.45. The van der Waals surface area contributed by atoms with Crippen molar-refractivity contribution in [2.24, 2.45) is 0 Å². The molecule has 0 saturated carbocycles. The van der Waals surface area contributed by atoms with Gasteiger partial charge in [-0.15, -0.1) is 0 Å². The average molecular weight is 238 g/mol. The van der Waals surface area contributed by atoms with Gasteiger partial charge in [-0.1, -0.05) is 19.9 Å². The monoisotopic (exact) mass is 237 g/mol. The number of nitrogens with zero attached hydrogens (tertiary/aromatic N) is 1. The minimum atomic E-state index is 0.564. The number of fused-ring (bicyclic) bond motifs is 1. The SMILES string of the molecule is CC(C)c1cc2ccccn2c1Br. The number of hydrogen-bond donors (Lipinski definition) is 0. The number of hydrogen-bond acceptors (Lipinski definition) is 0. The fourth-order valence-corrected chi connectivity index (χ4v) is 2.41. The van der Waals surface area contributed by atoms with E-state index in [2.05, 4.69) is 58.6 Å². The Labute approximate surface area is 86.5 Å². The van der Waals surface area contributed by atoms with Crippen molar-refractivity contribution in [3.8, 4) is 0 Å². The maximum absolute atomic E-state index is 3.62. The lowest BCUT2D eigenvalue weighted by molar-refractivity contribution is 0.857. The zero-order valence-electron chi connectivity index (χ0n) is 7.79. The van der Waals surface area contributed by atoms with E-state index in [0.717, 1.165) is 0 Å². The normalized spacial score (nSPS) is 11.4. The van der Waals surface area contributed by atoms with Gasteiger partial charge in [-0.2, -0.15) is 0 Å². The quantitative estimate of drug-likeness (QED) is 0.711. The van der Waals surface area contributed by atoms with E-state index in [4.69, 9.17) is 0 Å². The van der Waals surface area contributed by atoms with Gasteiger partial charge in [-0.3, -0.25) is 0 Å². The standard InChI is InChI=1S/C11H12BrN/c1-8(2)10-7-9-5-3-4-6-13(9)11(10)12/h3-8H,1-2H3. The second kappa shape index (κ2) is 3.18. The zero-order valence-corrected chi connectivity index (χ0v) is 9.38. The van der Waals surface area contributed by atoms with E-state index in [1.807, 2.05) is 6.07 Å². The smallest absolute Gasteiger partial charge is 0.0927 e. The molecule has 0 aromatic carbocycles. The summed E-state index contributed by atoms with van der Waals surface area (Å²) in [6.45, 7) is 4.42. The van der Waals surface area contributed by atoms with Gasteiger partial charge in [0.15, 0.2) is 0 Å². The van der Waals surface area contributed by atoms with Gasteiger partial charge in [0.25, 0.3) is 0 Å². The van der Waals surface area contributed by atoms with Crippen LogP contribution in [0.4, 0.5) is 0 Å². The molecule has 0 aliphatic carbocycles. The van der Waals surface area contributed by atoms with E-state index in [9.17, 15) is 0 Å². The lowest BCUT2D eigenvalue weighted by Gasteiger charge is -2.01. The molecule has 68 valence electrons. The van der Waals surface area contributed by atoms with Crippen LogP contribution < -0.4 is 0 Å². The second-order valence-electron chi connectivity index (χ2n) is 3.54. The zero-order chi connectivity index (χ0) is 9.42. The first-order valence-corrected chi connectivity index (χ1v) is 5.25. The molecule has 0 amide bonds. The summed E-state index contributed by atoms with van der Waals surface area (Å²) >= 11 is 3.62. The number of aromatic nitrogens is 1. The van der Waals surface area contributed by atoms with Gasteiger partial charge in [0, 0.05) is 11.7 Å². The Bertz CT molecular complexity index is 429. The third kappa shape index (κ3) is 1.39. The molecular formula is C11H12BrN. The van der Waals surface area contributed by atoms with Crippen LogP contribution in [0.3, 0.4) is 0 Å². The van der Waals surface area contributed by atoms with Crippen LogP contribution in [0.25, 0.3) is 5.52 Å². The molecule has 0 radical (unpaired) electrons. The van der Waals surface area contributed by atoms with E-state index in [1.165, 1.54) is 15.7 Å². The fourth-order valence-electron chi connectivity index (χ4n) is 1.52. The van der Waals surface area contributed by atoms with Gasteiger partial charge in [0.1, 0.15) is 0 Å². The van der Waals surface area contributed by atoms with E-state index in [-0.39, 0.29) is 0 Å². The van der Waals surface area contributed by atoms with E-state index < -0.39 is 0 Å². The van der Waals surface area contributed by atoms with Crippen LogP contribution in [0, 0.1) is 0 Å². The third-order valence-electron chi connectivity index (χ3n) is 2.27. The largest absolute Gasteiger partial charge is 0.311 e. The van der Waals surface area contributed by atoms with Crippen LogP contribution >= 0.6 is 15.9 Å². The Balaban J connectivity index is 2.74. The van der Waals surface area contributed by atoms with E-state index in [0.29, 0.717) is 5.92 Å². The number of halogens is 1. The van der Waals surface area contributed by atoms with Crippen LogP contribution in [0.15, 0.2) is 35.1 Å². The fraction of sp³-hybridized carbons (Fsp3) is 0.273. The highest BCUT2D eigenvalue weighted by atomic mass is 79.9. The first-order chi connectivity index (χ1) is 6.20. The molecule has 0 fully saturated rings. The summed E-state index contributed by atoms with van der Waals surface area (Å²) in [5.41, 5.74) is 2.62. The van der Waals surface area contributed by atoms with Crippen molar-refractivity contribution in [2.45, 2.75) is 19.8 Å². The van der Waals surface area contributed by atoms with Crippen LogP contribution in [0.2, 0.25) is 0 Å². The molecule has 2 rings (SSSR count). The van der Waals surface area contributed by atoms with Crippen molar-refractivity contribution < 1.29 is 0 Å². The third-order valence-corrected chi connectivity index (χ3v) is 3.11. The summed E-state index contributed by atoms with van der Waals surface area (Å²) in [4.78, 5) is 0. The van der Waals surface area contributed by atoms with E-state index >= 15 is 0 Å². The van der Waals surface area contributed by atoms with Crippen molar-refractivity contribution in [3.05, 3.63) is 40.6 Å². The highest BCUT2D eigenvalue weighted by Crippen LogP contribution is 2.28. The highest BCUT2D eigenvalue weighted by Gasteiger charge is 2.09. The second-order valence-corrected chi connectivity index (χ2v) is 4.29. The molecule has 0 saturated heterocycles. The lowest BCUT2D eigenvalue weighted by Crippen LogP contribution is -1.86. The van der Waals surface area contributed by atoms with Gasteiger partial charge < -0.3 is 4.40 Å². The molecule has 0 spiro atoms. The minimum absolute atomic E-state index is 0.564. The maximum Gasteiger partial charge on any atom is 0.0927 e. The predicted molar refractivity (Wildman–Crippen MR) is 59.2 cm³/mol. The first kappa shape index (κ1) is 8.82. The molecular weight excluding hydrogens is 226 g/mol. The summed E-state index contributed by atoms with van der Waals surface area (Å²) in [6, 6.07) is 8.46. The van der Waals surface area contributed by atoms with Crippen LogP contribution in [0.1, 0.15) is 25.3 Å². The molecule has 0 unspecified atom stereocenters. The summed E-state index contributed by atoms with van der Waals surface area (Å²) in [7, 11) is 0. The molecule has 2 aromatic rings. The highest BCUT2D eigenvalue weighted by molar-refractivity contribution is 9.10. The molecule has 2 heterocycles. The lowest BCUT2D eigenvalue weighted by atomic mass is 10.1. The van der Waals surface area contributed by atoms with E-state index in [1.54, 1.807) is 0 Å². The summed E-state index contributed by atoms with van der Waals surface area (Å²) < 4.78 is 3.34. The summed E-state index contributed by atoms with van der Waals surface area (Å²) in [5, 5.41) is 0. The predicted octanol–water partition coefficient (Wildman–Crippen LogP) is 3.83. The number of pyridine rings is 1. The Kier molecular flexibility index (Phi) is 2.16. The maximum atomic E-state index is 3.62. The van der Waals surface area contributed by atoms with Crippen molar-refractivity contribution in [3.63, 3.8) is 0 Å². The molecule has 2 aromatic heterocycles. The van der Waals surface area contributed by atoms with Gasteiger partial charge in [-0.05, 0) is 45.6 Å². The topological polar surface area (TPSA) is 4.41 Å². The van der Waals surface area contributed by atoms with Crippen LogP contribution in [-0.2, 0) is 0 Å². The van der Waals surface area contributed by atoms with Crippen molar-refractivity contribution >= 4 is 21.4 Å². The molecule has 13 heavy (non-hydrogen) atoms. The van der Waals surface area contributed by atoms with Crippen molar-refractivity contribution in [1.29, 1.82) is 0 Å². The van der Waals surface area contributed by atoms with Crippen molar-refractivity contribution in [2.75, 3.05) is 0 Å². The molecule has 2 heteroatoms. The summed E-state index contributed by atoms with van der Waals surface area (Å²) in [5.74, 6) is 0.564. The van der Waals surface area contributed by atoms with Gasteiger partial charge >= 0.3 is 0 Å². The first-order valence-electron chi connectivity index (χ1n) is 4.45. The van der Waals surface area contributed by atoms with Gasteiger partial charge in [-0.25, -0.2) is 0 Å². The number of rotatable bonds is 1. The molecule has 0 bridgehead atoms. The Morgan fingerprint density at radius 3 is 2.69 bits per heavy atom. The Morgan fingerprint density at radius 1 is 1.31 bits per heavy atom. The van der Waals surface area contributed by atoms with Crippen LogP contribution in [0.5, 0.6) is 0 Å². The molecule has 0 aliphatic heterocycles. The Morgan fingerprint density at radius 2 is 2.08 bits per heavy atom. The molecule has 0 atom stereocenters. The molecule has 0 N–H and O–H groups in total. The van der Waals surface area contributed by atoms with Gasteiger partial charge in [0.2, 0.25) is 0 Å². The van der Waals surface area contributed by atoms with Crippen molar-refractivity contribution in [1.82, 2.24) is 4.40 Å². The molecule has 1 nitrogen and oxygen atoms in total. The molecule has 0 aliphatic rings.